The molecule has 0 fully saturated rings. The molecule has 0 saturated heterocycles. The van der Waals surface area contributed by atoms with Gasteiger partial charge in [0.1, 0.15) is 5.82 Å². The summed E-state index contributed by atoms with van der Waals surface area (Å²) < 4.78 is 12.8. The fourth-order valence-electron chi connectivity index (χ4n) is 1.10. The van der Waals surface area contributed by atoms with Gasteiger partial charge in [0.25, 0.3) is 0 Å². The first-order valence-electron chi connectivity index (χ1n) is 3.87. The second-order valence-corrected chi connectivity index (χ2v) is 2.63. The van der Waals surface area contributed by atoms with Crippen LogP contribution in [-0.4, -0.2) is 9.97 Å². The lowest BCUT2D eigenvalue weighted by atomic mass is 10.1. The molecule has 64 valence electrons. The summed E-state index contributed by atoms with van der Waals surface area (Å²) in [6.07, 6.45) is 6.15. The number of hydrogen-bond donors (Lipinski definition) is 0. The summed E-state index contributed by atoms with van der Waals surface area (Å²) in [5.74, 6) is -0.332. The predicted octanol–water partition coefficient (Wildman–Crippen LogP) is 2.28. The summed E-state index contributed by atoms with van der Waals surface area (Å²) in [5, 5.41) is 0. The number of hydrogen-bond acceptors (Lipinski definition) is 2. The first-order chi connectivity index (χ1) is 6.36. The van der Waals surface area contributed by atoms with Gasteiger partial charge in [-0.05, 0) is 12.1 Å². The van der Waals surface area contributed by atoms with Crippen molar-refractivity contribution >= 4 is 0 Å². The molecule has 0 N–H and O–H groups in total. The molecule has 0 aliphatic carbocycles. The van der Waals surface area contributed by atoms with E-state index in [1.165, 1.54) is 12.3 Å². The van der Waals surface area contributed by atoms with Crippen LogP contribution in [0.25, 0.3) is 11.1 Å². The molecule has 13 heavy (non-hydrogen) atoms. The number of rotatable bonds is 1. The Morgan fingerprint density at radius 2 is 1.85 bits per heavy atom. The maximum atomic E-state index is 12.8. The SMILES string of the molecule is Fc1cncc(-c2cccnc2)c1. The van der Waals surface area contributed by atoms with E-state index in [2.05, 4.69) is 9.97 Å². The minimum absolute atomic E-state index is 0.332. The molecule has 0 unspecified atom stereocenters. The van der Waals surface area contributed by atoms with Crippen molar-refractivity contribution in [3.63, 3.8) is 0 Å². The number of nitrogens with zero attached hydrogens (tertiary/aromatic N) is 2. The van der Waals surface area contributed by atoms with E-state index in [1.807, 2.05) is 6.07 Å². The Bertz CT molecular complexity index is 401. The summed E-state index contributed by atoms with van der Waals surface area (Å²) in [5.41, 5.74) is 1.61. The highest BCUT2D eigenvalue weighted by Crippen LogP contribution is 2.16. The van der Waals surface area contributed by atoms with Gasteiger partial charge >= 0.3 is 0 Å². The Balaban J connectivity index is 2.48. The lowest BCUT2D eigenvalue weighted by Crippen LogP contribution is -1.83. The fraction of sp³-hybridized carbons (Fsp3) is 0. The maximum Gasteiger partial charge on any atom is 0.142 e. The number of aromatic nitrogens is 2. The maximum absolute atomic E-state index is 12.8. The standard InChI is InChI=1S/C10H7FN2/c11-10-4-9(6-13-7-10)8-2-1-3-12-5-8/h1-7H. The van der Waals surface area contributed by atoms with Crippen LogP contribution in [0.5, 0.6) is 0 Å². The molecule has 0 aliphatic rings. The highest BCUT2D eigenvalue weighted by atomic mass is 19.1. The van der Waals surface area contributed by atoms with Crippen LogP contribution in [0, 0.1) is 5.82 Å². The molecule has 2 aromatic rings. The van der Waals surface area contributed by atoms with Gasteiger partial charge in [0.05, 0.1) is 6.20 Å². The van der Waals surface area contributed by atoms with E-state index in [9.17, 15) is 4.39 Å². The van der Waals surface area contributed by atoms with Crippen LogP contribution < -0.4 is 0 Å². The van der Waals surface area contributed by atoms with Crippen LogP contribution in [-0.2, 0) is 0 Å². The average Bonchev–Trinajstić information content (AvgIpc) is 2.19. The average molecular weight is 174 g/mol. The Morgan fingerprint density at radius 3 is 2.54 bits per heavy atom. The number of halogens is 1. The second-order valence-electron chi connectivity index (χ2n) is 2.63. The van der Waals surface area contributed by atoms with Crippen molar-refractivity contribution in [3.05, 3.63) is 48.8 Å². The van der Waals surface area contributed by atoms with Gasteiger partial charge in [-0.15, -0.1) is 0 Å². The monoisotopic (exact) mass is 174 g/mol. The molecule has 0 bridgehead atoms. The zero-order valence-corrected chi connectivity index (χ0v) is 6.81. The molecule has 0 amide bonds. The third-order valence-electron chi connectivity index (χ3n) is 1.70. The molecule has 0 atom stereocenters. The minimum Gasteiger partial charge on any atom is -0.264 e. The van der Waals surface area contributed by atoms with E-state index in [1.54, 1.807) is 24.7 Å². The molecule has 2 rings (SSSR count). The first-order valence-corrected chi connectivity index (χ1v) is 3.87. The van der Waals surface area contributed by atoms with Crippen molar-refractivity contribution < 1.29 is 4.39 Å². The van der Waals surface area contributed by atoms with Gasteiger partial charge < -0.3 is 0 Å². The molecular weight excluding hydrogens is 167 g/mol. The van der Waals surface area contributed by atoms with Crippen LogP contribution in [0.15, 0.2) is 43.0 Å². The largest absolute Gasteiger partial charge is 0.264 e. The van der Waals surface area contributed by atoms with E-state index >= 15 is 0 Å². The highest BCUT2D eigenvalue weighted by molar-refractivity contribution is 5.60. The quantitative estimate of drug-likeness (QED) is 0.662. The van der Waals surface area contributed by atoms with Crippen LogP contribution >= 0.6 is 0 Å². The van der Waals surface area contributed by atoms with E-state index < -0.39 is 0 Å². The normalized spacial score (nSPS) is 9.92. The molecule has 3 heteroatoms. The van der Waals surface area contributed by atoms with Crippen molar-refractivity contribution in [1.82, 2.24) is 9.97 Å². The van der Waals surface area contributed by atoms with Crippen molar-refractivity contribution in [1.29, 1.82) is 0 Å². The van der Waals surface area contributed by atoms with Crippen LogP contribution in [0.1, 0.15) is 0 Å². The Morgan fingerprint density at radius 1 is 1.00 bits per heavy atom. The molecule has 2 heterocycles. The Hall–Kier alpha value is -1.77. The molecular formula is C10H7FN2. The fourth-order valence-corrected chi connectivity index (χ4v) is 1.10. The topological polar surface area (TPSA) is 25.8 Å². The Labute approximate surface area is 75.1 Å². The van der Waals surface area contributed by atoms with Crippen molar-refractivity contribution in [2.24, 2.45) is 0 Å². The van der Waals surface area contributed by atoms with Crippen molar-refractivity contribution in [2.45, 2.75) is 0 Å². The van der Waals surface area contributed by atoms with Gasteiger partial charge in [-0.3, -0.25) is 9.97 Å². The summed E-state index contributed by atoms with van der Waals surface area (Å²) >= 11 is 0. The highest BCUT2D eigenvalue weighted by Gasteiger charge is 1.98. The summed E-state index contributed by atoms with van der Waals surface area (Å²) in [6.45, 7) is 0. The van der Waals surface area contributed by atoms with Crippen molar-refractivity contribution in [2.75, 3.05) is 0 Å². The van der Waals surface area contributed by atoms with E-state index in [0.717, 1.165) is 11.1 Å². The first kappa shape index (κ1) is 7.86. The third kappa shape index (κ3) is 1.69. The van der Waals surface area contributed by atoms with Gasteiger partial charge in [0, 0.05) is 29.7 Å². The summed E-state index contributed by atoms with van der Waals surface area (Å²) in [7, 11) is 0. The van der Waals surface area contributed by atoms with E-state index in [4.69, 9.17) is 0 Å². The lowest BCUT2D eigenvalue weighted by molar-refractivity contribution is 0.622. The molecule has 0 aromatic carbocycles. The van der Waals surface area contributed by atoms with Crippen LogP contribution in [0.2, 0.25) is 0 Å². The van der Waals surface area contributed by atoms with E-state index in [0.29, 0.717) is 0 Å². The van der Waals surface area contributed by atoms with Gasteiger partial charge in [-0.25, -0.2) is 4.39 Å². The third-order valence-corrected chi connectivity index (χ3v) is 1.70. The van der Waals surface area contributed by atoms with Crippen LogP contribution in [0.4, 0.5) is 4.39 Å². The second kappa shape index (κ2) is 3.31. The summed E-state index contributed by atoms with van der Waals surface area (Å²) in [6, 6.07) is 5.10. The molecule has 2 nitrogen and oxygen atoms in total. The van der Waals surface area contributed by atoms with Crippen molar-refractivity contribution in [3.8, 4) is 11.1 Å². The molecule has 0 saturated carbocycles. The molecule has 2 aromatic heterocycles. The zero-order chi connectivity index (χ0) is 9.10. The van der Waals surface area contributed by atoms with Gasteiger partial charge in [0.15, 0.2) is 0 Å². The van der Waals surface area contributed by atoms with Crippen LogP contribution in [0.3, 0.4) is 0 Å². The summed E-state index contributed by atoms with van der Waals surface area (Å²) in [4.78, 5) is 7.70. The molecule has 0 aliphatic heterocycles. The predicted molar refractivity (Wildman–Crippen MR) is 47.4 cm³/mol. The minimum atomic E-state index is -0.332. The van der Waals surface area contributed by atoms with E-state index in [-0.39, 0.29) is 5.82 Å². The van der Waals surface area contributed by atoms with Gasteiger partial charge in [0.2, 0.25) is 0 Å². The molecule has 0 spiro atoms. The Kier molecular flexibility index (Phi) is 2.00. The smallest absolute Gasteiger partial charge is 0.142 e. The van der Waals surface area contributed by atoms with Gasteiger partial charge in [-0.1, -0.05) is 6.07 Å². The zero-order valence-electron chi connectivity index (χ0n) is 6.81. The molecule has 0 radical (unpaired) electrons. The lowest BCUT2D eigenvalue weighted by Gasteiger charge is -1.98. The number of pyridine rings is 2. The van der Waals surface area contributed by atoms with Gasteiger partial charge in [-0.2, -0.15) is 0 Å².